The van der Waals surface area contributed by atoms with Gasteiger partial charge in [0.1, 0.15) is 0 Å². The molecule has 0 radical (unpaired) electrons. The quantitative estimate of drug-likeness (QED) is 0.698. The zero-order chi connectivity index (χ0) is 11.3. The van der Waals surface area contributed by atoms with Crippen LogP contribution in [0, 0.1) is 6.92 Å². The predicted molar refractivity (Wildman–Crippen MR) is 56.7 cm³/mol. The summed E-state index contributed by atoms with van der Waals surface area (Å²) >= 11 is 0. The number of hydrogen-bond acceptors (Lipinski definition) is 3. The summed E-state index contributed by atoms with van der Waals surface area (Å²) in [4.78, 5) is 22.5. The standard InChI is InChI=1S/C11H15NO3/c1-3-15-11(14)7-8-12-9(2)5-4-6-10(12)13/h4-6H,3,7-8H2,1-2H3. The summed E-state index contributed by atoms with van der Waals surface area (Å²) in [6, 6.07) is 5.03. The molecular formula is C11H15NO3. The molecule has 0 amide bonds. The molecule has 4 nitrogen and oxygen atoms in total. The van der Waals surface area contributed by atoms with E-state index in [1.165, 1.54) is 6.07 Å². The summed E-state index contributed by atoms with van der Waals surface area (Å²) in [6.45, 7) is 4.36. The summed E-state index contributed by atoms with van der Waals surface area (Å²) in [7, 11) is 0. The molecule has 0 aliphatic rings. The zero-order valence-electron chi connectivity index (χ0n) is 9.03. The van der Waals surface area contributed by atoms with Crippen LogP contribution in [0.2, 0.25) is 0 Å². The molecule has 0 unspecified atom stereocenters. The van der Waals surface area contributed by atoms with Gasteiger partial charge < -0.3 is 9.30 Å². The van der Waals surface area contributed by atoms with Crippen LogP contribution >= 0.6 is 0 Å². The number of pyridine rings is 1. The van der Waals surface area contributed by atoms with Crippen molar-refractivity contribution in [2.75, 3.05) is 6.61 Å². The first kappa shape index (κ1) is 11.5. The molecule has 1 aromatic rings. The number of esters is 1. The molecule has 0 N–H and O–H groups in total. The van der Waals surface area contributed by atoms with Gasteiger partial charge in [-0.1, -0.05) is 6.07 Å². The van der Waals surface area contributed by atoms with Crippen molar-refractivity contribution < 1.29 is 9.53 Å². The van der Waals surface area contributed by atoms with Crippen LogP contribution < -0.4 is 5.56 Å². The van der Waals surface area contributed by atoms with E-state index in [9.17, 15) is 9.59 Å². The summed E-state index contributed by atoms with van der Waals surface area (Å²) in [5, 5.41) is 0. The average molecular weight is 209 g/mol. The first-order valence-corrected chi connectivity index (χ1v) is 4.97. The largest absolute Gasteiger partial charge is 0.466 e. The summed E-state index contributed by atoms with van der Waals surface area (Å²) in [6.07, 6.45) is 0.235. The van der Waals surface area contributed by atoms with E-state index in [4.69, 9.17) is 4.74 Å². The zero-order valence-corrected chi connectivity index (χ0v) is 9.03. The SMILES string of the molecule is CCOC(=O)CCn1c(C)cccc1=O. The van der Waals surface area contributed by atoms with E-state index in [2.05, 4.69) is 0 Å². The van der Waals surface area contributed by atoms with E-state index in [-0.39, 0.29) is 17.9 Å². The highest BCUT2D eigenvalue weighted by molar-refractivity contribution is 5.69. The van der Waals surface area contributed by atoms with Crippen LogP contribution in [0.25, 0.3) is 0 Å². The van der Waals surface area contributed by atoms with Crippen molar-refractivity contribution >= 4 is 5.97 Å². The molecule has 0 atom stereocenters. The Bertz CT molecular complexity index is 395. The van der Waals surface area contributed by atoms with Crippen LogP contribution in [-0.4, -0.2) is 17.1 Å². The van der Waals surface area contributed by atoms with Crippen LogP contribution in [0.4, 0.5) is 0 Å². The fourth-order valence-corrected chi connectivity index (χ4v) is 1.35. The molecule has 0 saturated heterocycles. The van der Waals surface area contributed by atoms with Crippen LogP contribution in [0.1, 0.15) is 19.0 Å². The molecule has 0 fully saturated rings. The van der Waals surface area contributed by atoms with Crippen LogP contribution in [0.3, 0.4) is 0 Å². The molecule has 1 aromatic heterocycles. The van der Waals surface area contributed by atoms with Gasteiger partial charge in [-0.25, -0.2) is 0 Å². The minimum absolute atomic E-state index is 0.0840. The summed E-state index contributed by atoms with van der Waals surface area (Å²) in [5.74, 6) is -0.271. The minimum Gasteiger partial charge on any atom is -0.466 e. The van der Waals surface area contributed by atoms with E-state index < -0.39 is 0 Å². The Morgan fingerprint density at radius 1 is 1.47 bits per heavy atom. The Morgan fingerprint density at radius 2 is 2.20 bits per heavy atom. The maximum atomic E-state index is 11.4. The van der Waals surface area contributed by atoms with Crippen molar-refractivity contribution in [1.29, 1.82) is 0 Å². The third-order valence-electron chi connectivity index (χ3n) is 2.11. The van der Waals surface area contributed by atoms with Gasteiger partial charge in [0.05, 0.1) is 13.0 Å². The Morgan fingerprint density at radius 3 is 2.80 bits per heavy atom. The number of hydrogen-bond donors (Lipinski definition) is 0. The lowest BCUT2D eigenvalue weighted by Crippen LogP contribution is -2.22. The van der Waals surface area contributed by atoms with E-state index in [0.717, 1.165) is 5.69 Å². The fourth-order valence-electron chi connectivity index (χ4n) is 1.35. The van der Waals surface area contributed by atoms with Crippen LogP contribution in [0.5, 0.6) is 0 Å². The number of aryl methyl sites for hydroxylation is 1. The van der Waals surface area contributed by atoms with Crippen molar-refractivity contribution in [3.05, 3.63) is 34.2 Å². The Kier molecular flexibility index (Phi) is 4.09. The van der Waals surface area contributed by atoms with Gasteiger partial charge in [0.25, 0.3) is 5.56 Å². The molecule has 1 rings (SSSR count). The summed E-state index contributed by atoms with van der Waals surface area (Å²) < 4.78 is 6.36. The van der Waals surface area contributed by atoms with Gasteiger partial charge in [0.2, 0.25) is 0 Å². The predicted octanol–water partition coefficient (Wildman–Crippen LogP) is 1.11. The molecule has 4 heteroatoms. The van der Waals surface area contributed by atoms with E-state index >= 15 is 0 Å². The van der Waals surface area contributed by atoms with Gasteiger partial charge in [0, 0.05) is 18.3 Å². The average Bonchev–Trinajstić information content (AvgIpc) is 2.17. The highest BCUT2D eigenvalue weighted by Crippen LogP contribution is 1.96. The number of nitrogens with zero attached hydrogens (tertiary/aromatic N) is 1. The monoisotopic (exact) mass is 209 g/mol. The van der Waals surface area contributed by atoms with Crippen molar-refractivity contribution in [2.24, 2.45) is 0 Å². The van der Waals surface area contributed by atoms with Crippen molar-refractivity contribution in [1.82, 2.24) is 4.57 Å². The highest BCUT2D eigenvalue weighted by atomic mass is 16.5. The Hall–Kier alpha value is -1.58. The summed E-state index contributed by atoms with van der Waals surface area (Å²) in [5.41, 5.74) is 0.770. The number of aromatic nitrogens is 1. The Labute approximate surface area is 88.5 Å². The van der Waals surface area contributed by atoms with Gasteiger partial charge in [-0.2, -0.15) is 0 Å². The highest BCUT2D eigenvalue weighted by Gasteiger charge is 2.04. The number of carbonyl (C=O) groups excluding carboxylic acids is 1. The van der Waals surface area contributed by atoms with E-state index in [0.29, 0.717) is 13.2 Å². The van der Waals surface area contributed by atoms with Crippen LogP contribution in [-0.2, 0) is 16.1 Å². The third-order valence-corrected chi connectivity index (χ3v) is 2.11. The van der Waals surface area contributed by atoms with Gasteiger partial charge in [-0.3, -0.25) is 9.59 Å². The van der Waals surface area contributed by atoms with Gasteiger partial charge in [-0.05, 0) is 19.9 Å². The van der Waals surface area contributed by atoms with Crippen molar-refractivity contribution in [3.63, 3.8) is 0 Å². The molecule has 0 bridgehead atoms. The van der Waals surface area contributed by atoms with Crippen molar-refractivity contribution in [3.8, 4) is 0 Å². The minimum atomic E-state index is -0.271. The number of rotatable bonds is 4. The number of carbonyl (C=O) groups is 1. The molecule has 0 saturated carbocycles. The molecule has 0 spiro atoms. The van der Waals surface area contributed by atoms with Gasteiger partial charge in [-0.15, -0.1) is 0 Å². The molecule has 1 heterocycles. The van der Waals surface area contributed by atoms with Gasteiger partial charge in [0.15, 0.2) is 0 Å². The van der Waals surface area contributed by atoms with Crippen LogP contribution in [0.15, 0.2) is 23.0 Å². The molecular weight excluding hydrogens is 194 g/mol. The van der Waals surface area contributed by atoms with Gasteiger partial charge >= 0.3 is 5.97 Å². The molecule has 0 aromatic carbocycles. The second-order valence-corrected chi connectivity index (χ2v) is 3.21. The molecule has 0 aliphatic carbocycles. The molecule has 82 valence electrons. The third kappa shape index (κ3) is 3.23. The normalized spacial score (nSPS) is 10.0. The maximum absolute atomic E-state index is 11.4. The first-order chi connectivity index (χ1) is 7.15. The second kappa shape index (κ2) is 5.34. The first-order valence-electron chi connectivity index (χ1n) is 4.97. The van der Waals surface area contributed by atoms with E-state index in [1.54, 1.807) is 17.6 Å². The molecule has 0 aliphatic heterocycles. The lowest BCUT2D eigenvalue weighted by atomic mass is 10.3. The molecule has 15 heavy (non-hydrogen) atoms. The Balaban J connectivity index is 2.65. The van der Waals surface area contributed by atoms with Crippen molar-refractivity contribution in [2.45, 2.75) is 26.8 Å². The maximum Gasteiger partial charge on any atom is 0.307 e. The lowest BCUT2D eigenvalue weighted by molar-refractivity contribution is -0.143. The second-order valence-electron chi connectivity index (χ2n) is 3.21. The smallest absolute Gasteiger partial charge is 0.307 e. The lowest BCUT2D eigenvalue weighted by Gasteiger charge is -2.08. The van der Waals surface area contributed by atoms with E-state index in [1.807, 2.05) is 13.0 Å². The fraction of sp³-hybridized carbons (Fsp3) is 0.455. The number of ether oxygens (including phenoxy) is 1. The topological polar surface area (TPSA) is 48.3 Å².